The summed E-state index contributed by atoms with van der Waals surface area (Å²) in [5.41, 5.74) is 2.10. The van der Waals surface area contributed by atoms with Crippen LogP contribution in [0.1, 0.15) is 31.2 Å². The topological polar surface area (TPSA) is 29.5 Å². The highest BCUT2D eigenvalue weighted by atomic mass is 16.5. The number of ether oxygens (including phenoxy) is 1. The Labute approximate surface area is 131 Å². The molecule has 3 rings (SSSR count). The molecule has 1 aliphatic rings. The van der Waals surface area contributed by atoms with Gasteiger partial charge in [0.05, 0.1) is 12.3 Å². The number of hydrogen-bond donors (Lipinski definition) is 0. The average molecular weight is 295 g/mol. The van der Waals surface area contributed by atoms with Gasteiger partial charge in [-0.1, -0.05) is 49.4 Å². The summed E-state index contributed by atoms with van der Waals surface area (Å²) in [6.07, 6.45) is 1.37. The summed E-state index contributed by atoms with van der Waals surface area (Å²) in [6.45, 7) is 3.49. The molecule has 1 atom stereocenters. The molecule has 0 unspecified atom stereocenters. The Bertz CT molecular complexity index is 639. The monoisotopic (exact) mass is 295 g/mol. The van der Waals surface area contributed by atoms with Gasteiger partial charge < -0.3 is 9.64 Å². The zero-order valence-electron chi connectivity index (χ0n) is 12.9. The van der Waals surface area contributed by atoms with E-state index in [1.165, 1.54) is 5.56 Å². The zero-order valence-corrected chi connectivity index (χ0v) is 12.9. The maximum absolute atomic E-state index is 12.8. The molecule has 0 fully saturated rings. The molecular weight excluding hydrogens is 274 g/mol. The van der Waals surface area contributed by atoms with E-state index in [9.17, 15) is 4.79 Å². The van der Waals surface area contributed by atoms with E-state index in [0.717, 1.165) is 24.4 Å². The van der Waals surface area contributed by atoms with Crippen molar-refractivity contribution < 1.29 is 9.53 Å². The van der Waals surface area contributed by atoms with Crippen molar-refractivity contribution in [1.29, 1.82) is 0 Å². The van der Waals surface area contributed by atoms with Crippen LogP contribution in [0.15, 0.2) is 54.6 Å². The predicted molar refractivity (Wildman–Crippen MR) is 88.4 cm³/mol. The molecule has 0 aromatic heterocycles. The summed E-state index contributed by atoms with van der Waals surface area (Å²) >= 11 is 0. The van der Waals surface area contributed by atoms with Crippen molar-refractivity contribution in [3.05, 3.63) is 60.2 Å². The van der Waals surface area contributed by atoms with Crippen molar-refractivity contribution in [2.24, 2.45) is 0 Å². The Kier molecular flexibility index (Phi) is 4.42. The van der Waals surface area contributed by atoms with E-state index in [2.05, 4.69) is 19.1 Å². The van der Waals surface area contributed by atoms with E-state index in [0.29, 0.717) is 13.0 Å². The van der Waals surface area contributed by atoms with Crippen LogP contribution in [-0.2, 0) is 4.79 Å². The van der Waals surface area contributed by atoms with Crippen LogP contribution in [0.25, 0.3) is 0 Å². The van der Waals surface area contributed by atoms with Crippen molar-refractivity contribution in [2.75, 3.05) is 18.1 Å². The number of carbonyl (C=O) groups excluding carboxylic acids is 1. The molecule has 1 aliphatic heterocycles. The Morgan fingerprint density at radius 2 is 1.86 bits per heavy atom. The first-order valence-electron chi connectivity index (χ1n) is 7.83. The Balaban J connectivity index is 1.77. The van der Waals surface area contributed by atoms with Crippen LogP contribution in [-0.4, -0.2) is 19.1 Å². The van der Waals surface area contributed by atoms with Gasteiger partial charge in [0.1, 0.15) is 5.75 Å². The lowest BCUT2D eigenvalue weighted by Crippen LogP contribution is -2.32. The minimum Gasteiger partial charge on any atom is -0.491 e. The summed E-state index contributed by atoms with van der Waals surface area (Å²) < 4.78 is 5.72. The number of fused-ring (bicyclic) bond motifs is 1. The Morgan fingerprint density at radius 1 is 1.14 bits per heavy atom. The van der Waals surface area contributed by atoms with E-state index in [1.807, 2.05) is 47.4 Å². The molecule has 0 N–H and O–H groups in total. The third-order valence-electron chi connectivity index (χ3n) is 4.09. The van der Waals surface area contributed by atoms with Crippen LogP contribution in [0.3, 0.4) is 0 Å². The lowest BCUT2D eigenvalue weighted by atomic mass is 9.97. The summed E-state index contributed by atoms with van der Waals surface area (Å²) in [7, 11) is 0. The maximum Gasteiger partial charge on any atom is 0.227 e. The van der Waals surface area contributed by atoms with Crippen molar-refractivity contribution in [1.82, 2.24) is 0 Å². The summed E-state index contributed by atoms with van der Waals surface area (Å²) in [6, 6.07) is 18.0. The van der Waals surface area contributed by atoms with Crippen LogP contribution in [0.2, 0.25) is 0 Å². The zero-order chi connectivity index (χ0) is 15.4. The van der Waals surface area contributed by atoms with Crippen molar-refractivity contribution in [3.8, 4) is 5.75 Å². The van der Waals surface area contributed by atoms with Crippen molar-refractivity contribution >= 4 is 11.6 Å². The van der Waals surface area contributed by atoms with Crippen molar-refractivity contribution in [2.45, 2.75) is 25.7 Å². The largest absolute Gasteiger partial charge is 0.491 e. The molecule has 3 heteroatoms. The minimum atomic E-state index is 0.161. The second kappa shape index (κ2) is 6.65. The highest BCUT2D eigenvalue weighted by molar-refractivity contribution is 5.95. The van der Waals surface area contributed by atoms with Gasteiger partial charge in [0.25, 0.3) is 0 Å². The lowest BCUT2D eigenvalue weighted by molar-refractivity contribution is -0.118. The molecule has 0 aliphatic carbocycles. The summed E-state index contributed by atoms with van der Waals surface area (Å²) in [4.78, 5) is 14.6. The molecule has 0 saturated carbocycles. The number of rotatable bonds is 3. The number of amides is 1. The fourth-order valence-electron chi connectivity index (χ4n) is 2.86. The SMILES string of the molecule is C[C@@H](CC(=O)N1CCCOc2ccccc21)c1ccccc1. The van der Waals surface area contributed by atoms with E-state index in [1.54, 1.807) is 0 Å². The van der Waals surface area contributed by atoms with Gasteiger partial charge in [-0.25, -0.2) is 0 Å². The molecule has 22 heavy (non-hydrogen) atoms. The number of nitrogens with zero attached hydrogens (tertiary/aromatic N) is 1. The molecule has 0 saturated heterocycles. The van der Waals surface area contributed by atoms with Crippen LogP contribution in [0, 0.1) is 0 Å². The van der Waals surface area contributed by atoms with Gasteiger partial charge in [-0.05, 0) is 30.0 Å². The molecular formula is C19H21NO2. The number of para-hydroxylation sites is 2. The third kappa shape index (κ3) is 3.14. The quantitative estimate of drug-likeness (QED) is 0.856. The molecule has 2 aromatic carbocycles. The molecule has 3 nitrogen and oxygen atoms in total. The second-order valence-corrected chi connectivity index (χ2v) is 5.73. The van der Waals surface area contributed by atoms with Gasteiger partial charge in [-0.15, -0.1) is 0 Å². The number of hydrogen-bond acceptors (Lipinski definition) is 2. The standard InChI is InChI=1S/C19H21NO2/c1-15(16-8-3-2-4-9-16)14-19(21)20-12-7-13-22-18-11-6-5-10-17(18)20/h2-6,8-11,15H,7,12-14H2,1H3/t15-/m0/s1. The normalized spacial score (nSPS) is 15.4. The first-order chi connectivity index (χ1) is 10.8. The molecule has 2 aromatic rings. The fraction of sp³-hybridized carbons (Fsp3) is 0.316. The van der Waals surface area contributed by atoms with E-state index >= 15 is 0 Å². The molecule has 1 heterocycles. The van der Waals surface area contributed by atoms with Gasteiger partial charge >= 0.3 is 0 Å². The van der Waals surface area contributed by atoms with Gasteiger partial charge in [-0.2, -0.15) is 0 Å². The number of benzene rings is 2. The predicted octanol–water partition coefficient (Wildman–Crippen LogP) is 4.00. The first-order valence-corrected chi connectivity index (χ1v) is 7.83. The summed E-state index contributed by atoms with van der Waals surface area (Å²) in [5.74, 6) is 1.18. The summed E-state index contributed by atoms with van der Waals surface area (Å²) in [5, 5.41) is 0. The maximum atomic E-state index is 12.8. The van der Waals surface area contributed by atoms with Gasteiger partial charge in [0.2, 0.25) is 5.91 Å². The molecule has 0 radical (unpaired) electrons. The van der Waals surface area contributed by atoms with Crippen LogP contribution >= 0.6 is 0 Å². The molecule has 1 amide bonds. The van der Waals surface area contributed by atoms with Crippen molar-refractivity contribution in [3.63, 3.8) is 0 Å². The van der Waals surface area contributed by atoms with Crippen LogP contribution in [0.5, 0.6) is 5.75 Å². The average Bonchev–Trinajstić information content (AvgIpc) is 2.78. The Hall–Kier alpha value is -2.29. The van der Waals surface area contributed by atoms with E-state index in [-0.39, 0.29) is 11.8 Å². The fourth-order valence-corrected chi connectivity index (χ4v) is 2.86. The first kappa shape index (κ1) is 14.6. The van der Waals surface area contributed by atoms with Gasteiger partial charge in [0, 0.05) is 13.0 Å². The Morgan fingerprint density at radius 3 is 2.68 bits per heavy atom. The highest BCUT2D eigenvalue weighted by Gasteiger charge is 2.23. The van der Waals surface area contributed by atoms with Crippen LogP contribution < -0.4 is 9.64 Å². The second-order valence-electron chi connectivity index (χ2n) is 5.73. The van der Waals surface area contributed by atoms with Gasteiger partial charge in [-0.3, -0.25) is 4.79 Å². The molecule has 0 spiro atoms. The number of anilines is 1. The highest BCUT2D eigenvalue weighted by Crippen LogP contribution is 2.32. The smallest absolute Gasteiger partial charge is 0.227 e. The minimum absolute atomic E-state index is 0.161. The van der Waals surface area contributed by atoms with E-state index in [4.69, 9.17) is 4.74 Å². The number of carbonyl (C=O) groups is 1. The van der Waals surface area contributed by atoms with E-state index < -0.39 is 0 Å². The third-order valence-corrected chi connectivity index (χ3v) is 4.09. The molecule has 114 valence electrons. The van der Waals surface area contributed by atoms with Gasteiger partial charge in [0.15, 0.2) is 0 Å². The molecule has 0 bridgehead atoms. The van der Waals surface area contributed by atoms with Crippen LogP contribution in [0.4, 0.5) is 5.69 Å². The lowest BCUT2D eigenvalue weighted by Gasteiger charge is -2.23.